The van der Waals surface area contributed by atoms with Crippen LogP contribution in [-0.4, -0.2) is 54.5 Å². The van der Waals surface area contributed by atoms with E-state index in [0.717, 1.165) is 32.4 Å². The smallest absolute Gasteiger partial charge is 0.410 e. The van der Waals surface area contributed by atoms with Gasteiger partial charge in [0.1, 0.15) is 5.60 Å². The molecule has 0 spiro atoms. The highest BCUT2D eigenvalue weighted by atomic mass is 16.6. The summed E-state index contributed by atoms with van der Waals surface area (Å²) < 4.78 is 11.0. The van der Waals surface area contributed by atoms with E-state index in [4.69, 9.17) is 9.47 Å². The molecule has 2 atom stereocenters. The second-order valence-corrected chi connectivity index (χ2v) is 6.83. The van der Waals surface area contributed by atoms with Crippen molar-refractivity contribution in [1.82, 2.24) is 10.2 Å². The van der Waals surface area contributed by atoms with Gasteiger partial charge in [0.05, 0.1) is 6.10 Å². The number of rotatable bonds is 5. The van der Waals surface area contributed by atoms with Gasteiger partial charge in [0.2, 0.25) is 0 Å². The summed E-state index contributed by atoms with van der Waals surface area (Å²) >= 11 is 0. The lowest BCUT2D eigenvalue weighted by Crippen LogP contribution is -2.44. The fraction of sp³-hybridized carbons (Fsp3) is 0.933. The largest absolute Gasteiger partial charge is 0.444 e. The Morgan fingerprint density at radius 1 is 1.35 bits per heavy atom. The molecule has 1 amide bonds. The maximum atomic E-state index is 12.2. The Morgan fingerprint density at radius 3 is 2.55 bits per heavy atom. The van der Waals surface area contributed by atoms with E-state index in [9.17, 15) is 4.79 Å². The van der Waals surface area contributed by atoms with Gasteiger partial charge in [-0.2, -0.15) is 0 Å². The van der Waals surface area contributed by atoms with Gasteiger partial charge in [-0.1, -0.05) is 0 Å². The summed E-state index contributed by atoms with van der Waals surface area (Å²) in [6.45, 7) is 10.2. The van der Waals surface area contributed by atoms with E-state index in [0.29, 0.717) is 18.6 Å². The summed E-state index contributed by atoms with van der Waals surface area (Å²) in [5.41, 5.74) is -0.425. The molecule has 2 fully saturated rings. The molecule has 5 nitrogen and oxygen atoms in total. The van der Waals surface area contributed by atoms with Crippen LogP contribution in [0.4, 0.5) is 4.79 Å². The summed E-state index contributed by atoms with van der Waals surface area (Å²) in [4.78, 5) is 14.1. The third-order valence-corrected chi connectivity index (χ3v) is 3.75. The standard InChI is InChI=1S/C15H28N2O3/c1-11-13(7-10-19-11)16-8-9-17(12-5-6-12)14(18)20-15(2,3)4/h11-13,16H,5-10H2,1-4H3. The van der Waals surface area contributed by atoms with Crippen LogP contribution < -0.4 is 5.32 Å². The number of nitrogens with zero attached hydrogens (tertiary/aromatic N) is 1. The third kappa shape index (κ3) is 4.63. The number of nitrogens with one attached hydrogen (secondary N) is 1. The van der Waals surface area contributed by atoms with Crippen molar-refractivity contribution in [2.75, 3.05) is 19.7 Å². The van der Waals surface area contributed by atoms with Gasteiger partial charge in [-0.05, 0) is 47.0 Å². The molecular weight excluding hydrogens is 256 g/mol. The minimum atomic E-state index is -0.425. The zero-order valence-electron chi connectivity index (χ0n) is 13.1. The van der Waals surface area contributed by atoms with E-state index < -0.39 is 5.60 Å². The third-order valence-electron chi connectivity index (χ3n) is 3.75. The van der Waals surface area contributed by atoms with E-state index in [1.165, 1.54) is 0 Å². The Kier molecular flexibility index (Phi) is 4.91. The van der Waals surface area contributed by atoms with Crippen molar-refractivity contribution in [2.24, 2.45) is 0 Å². The SMILES string of the molecule is CC1OCCC1NCCN(C(=O)OC(C)(C)C)C1CC1. The molecule has 116 valence electrons. The average Bonchev–Trinajstić information content (AvgIpc) is 3.07. The van der Waals surface area contributed by atoms with Gasteiger partial charge in [0.15, 0.2) is 0 Å². The molecule has 5 heteroatoms. The van der Waals surface area contributed by atoms with Crippen LogP contribution in [0.5, 0.6) is 0 Å². The Bertz CT molecular complexity index is 337. The van der Waals surface area contributed by atoms with Gasteiger partial charge in [-0.15, -0.1) is 0 Å². The highest BCUT2D eigenvalue weighted by Gasteiger charge is 2.35. The number of carbonyl (C=O) groups is 1. The second-order valence-electron chi connectivity index (χ2n) is 6.83. The van der Waals surface area contributed by atoms with Gasteiger partial charge in [0, 0.05) is 31.8 Å². The topological polar surface area (TPSA) is 50.8 Å². The van der Waals surface area contributed by atoms with Gasteiger partial charge in [-0.25, -0.2) is 4.79 Å². The predicted octanol–water partition coefficient (Wildman–Crippen LogP) is 2.15. The number of ether oxygens (including phenoxy) is 2. The highest BCUT2D eigenvalue weighted by molar-refractivity contribution is 5.69. The van der Waals surface area contributed by atoms with E-state index in [2.05, 4.69) is 12.2 Å². The summed E-state index contributed by atoms with van der Waals surface area (Å²) in [5.74, 6) is 0. The molecule has 0 aromatic rings. The molecule has 2 unspecified atom stereocenters. The average molecular weight is 284 g/mol. The quantitative estimate of drug-likeness (QED) is 0.840. The molecule has 2 aliphatic rings. The molecule has 0 aromatic carbocycles. The van der Waals surface area contributed by atoms with Crippen molar-refractivity contribution in [1.29, 1.82) is 0 Å². The fourth-order valence-electron chi connectivity index (χ4n) is 2.50. The molecule has 0 bridgehead atoms. The lowest BCUT2D eigenvalue weighted by Gasteiger charge is -2.28. The lowest BCUT2D eigenvalue weighted by atomic mass is 10.1. The van der Waals surface area contributed by atoms with Gasteiger partial charge < -0.3 is 19.7 Å². The van der Waals surface area contributed by atoms with Gasteiger partial charge in [-0.3, -0.25) is 0 Å². The molecule has 1 aliphatic heterocycles. The zero-order chi connectivity index (χ0) is 14.8. The summed E-state index contributed by atoms with van der Waals surface area (Å²) in [6, 6.07) is 0.790. The first kappa shape index (κ1) is 15.6. The molecule has 0 radical (unpaired) electrons. The minimum absolute atomic E-state index is 0.183. The van der Waals surface area contributed by atoms with Crippen LogP contribution in [0, 0.1) is 0 Å². The highest BCUT2D eigenvalue weighted by Crippen LogP contribution is 2.28. The van der Waals surface area contributed by atoms with Crippen LogP contribution in [-0.2, 0) is 9.47 Å². The summed E-state index contributed by atoms with van der Waals surface area (Å²) in [7, 11) is 0. The van der Waals surface area contributed by atoms with E-state index in [-0.39, 0.29) is 12.2 Å². The first-order valence-corrected chi connectivity index (χ1v) is 7.71. The van der Waals surface area contributed by atoms with Crippen LogP contribution >= 0.6 is 0 Å². The summed E-state index contributed by atoms with van der Waals surface area (Å²) in [6.07, 6.45) is 3.34. The van der Waals surface area contributed by atoms with E-state index in [1.807, 2.05) is 25.7 Å². The molecule has 1 aliphatic carbocycles. The minimum Gasteiger partial charge on any atom is -0.444 e. The van der Waals surface area contributed by atoms with Crippen molar-refractivity contribution in [3.8, 4) is 0 Å². The Balaban J connectivity index is 1.76. The molecule has 1 saturated heterocycles. The Labute approximate surface area is 122 Å². The van der Waals surface area contributed by atoms with Gasteiger partial charge >= 0.3 is 6.09 Å². The first-order chi connectivity index (χ1) is 9.37. The number of hydrogen-bond acceptors (Lipinski definition) is 4. The Morgan fingerprint density at radius 2 is 2.05 bits per heavy atom. The van der Waals surface area contributed by atoms with Crippen molar-refractivity contribution in [3.63, 3.8) is 0 Å². The number of carbonyl (C=O) groups excluding carboxylic acids is 1. The van der Waals surface area contributed by atoms with Crippen molar-refractivity contribution < 1.29 is 14.3 Å². The molecule has 0 aromatic heterocycles. The fourth-order valence-corrected chi connectivity index (χ4v) is 2.50. The molecular formula is C15H28N2O3. The molecule has 1 saturated carbocycles. The van der Waals surface area contributed by atoms with Crippen LogP contribution in [0.25, 0.3) is 0 Å². The number of hydrogen-bond donors (Lipinski definition) is 1. The normalized spacial score (nSPS) is 26.6. The zero-order valence-corrected chi connectivity index (χ0v) is 13.1. The van der Waals surface area contributed by atoms with E-state index in [1.54, 1.807) is 0 Å². The molecule has 2 rings (SSSR count). The molecule has 1 N–H and O–H groups in total. The van der Waals surface area contributed by atoms with Crippen molar-refractivity contribution >= 4 is 6.09 Å². The van der Waals surface area contributed by atoms with E-state index >= 15 is 0 Å². The lowest BCUT2D eigenvalue weighted by molar-refractivity contribution is 0.0233. The van der Waals surface area contributed by atoms with Crippen LogP contribution in [0.3, 0.4) is 0 Å². The first-order valence-electron chi connectivity index (χ1n) is 7.71. The van der Waals surface area contributed by atoms with Crippen molar-refractivity contribution in [2.45, 2.75) is 70.7 Å². The molecule has 20 heavy (non-hydrogen) atoms. The monoisotopic (exact) mass is 284 g/mol. The number of amides is 1. The molecule has 1 heterocycles. The van der Waals surface area contributed by atoms with Gasteiger partial charge in [0.25, 0.3) is 0 Å². The van der Waals surface area contributed by atoms with Crippen LogP contribution in [0.2, 0.25) is 0 Å². The van der Waals surface area contributed by atoms with Crippen molar-refractivity contribution in [3.05, 3.63) is 0 Å². The van der Waals surface area contributed by atoms with Crippen LogP contribution in [0.15, 0.2) is 0 Å². The Hall–Kier alpha value is -0.810. The van der Waals surface area contributed by atoms with Crippen LogP contribution in [0.1, 0.15) is 47.0 Å². The maximum absolute atomic E-state index is 12.2. The second kappa shape index (κ2) is 6.31. The maximum Gasteiger partial charge on any atom is 0.410 e. The summed E-state index contributed by atoms with van der Waals surface area (Å²) in [5, 5.41) is 3.49. The predicted molar refractivity (Wildman–Crippen MR) is 77.8 cm³/mol.